The van der Waals surface area contributed by atoms with Gasteiger partial charge in [0, 0.05) is 50.7 Å². The number of fused-ring (bicyclic) bond motifs is 1. The van der Waals surface area contributed by atoms with E-state index < -0.39 is 0 Å². The summed E-state index contributed by atoms with van der Waals surface area (Å²) in [6, 6.07) is 9.11. The van der Waals surface area contributed by atoms with Crippen LogP contribution in [0.25, 0.3) is 22.6 Å². The molecule has 8 nitrogen and oxygen atoms in total. The van der Waals surface area contributed by atoms with Crippen molar-refractivity contribution in [1.82, 2.24) is 24.8 Å². The molecule has 0 spiro atoms. The van der Waals surface area contributed by atoms with Crippen LogP contribution in [0, 0.1) is 5.82 Å². The van der Waals surface area contributed by atoms with Crippen LogP contribution in [0.3, 0.4) is 0 Å². The van der Waals surface area contributed by atoms with Crippen molar-refractivity contribution in [3.8, 4) is 17.1 Å². The van der Waals surface area contributed by atoms with Crippen molar-refractivity contribution in [3.05, 3.63) is 64.8 Å². The molecule has 0 saturated carbocycles. The van der Waals surface area contributed by atoms with E-state index in [-0.39, 0.29) is 19.0 Å². The van der Waals surface area contributed by atoms with Crippen molar-refractivity contribution in [2.45, 2.75) is 6.54 Å². The van der Waals surface area contributed by atoms with Crippen LogP contribution >= 0.6 is 15.9 Å². The minimum Gasteiger partial charge on any atom is -0.491 e. The van der Waals surface area contributed by atoms with Crippen LogP contribution < -0.4 is 9.64 Å². The minimum absolute atomic E-state index is 0.0229. The van der Waals surface area contributed by atoms with E-state index in [0.717, 1.165) is 58.8 Å². The van der Waals surface area contributed by atoms with Crippen LogP contribution in [0.1, 0.15) is 5.56 Å². The summed E-state index contributed by atoms with van der Waals surface area (Å²) in [5.74, 6) is 1.12. The molecule has 1 aromatic carbocycles. The molecular formula is C24H24BrFN6O2. The molecule has 1 saturated heterocycles. The number of nitrogens with one attached hydrogen (secondary N) is 1. The second-order valence-electron chi connectivity index (χ2n) is 8.11. The van der Waals surface area contributed by atoms with Gasteiger partial charge >= 0.3 is 0 Å². The first-order valence-electron chi connectivity index (χ1n) is 11.1. The summed E-state index contributed by atoms with van der Waals surface area (Å²) in [5, 5.41) is 8.91. The minimum atomic E-state index is -0.304. The zero-order chi connectivity index (χ0) is 23.5. The van der Waals surface area contributed by atoms with Crippen LogP contribution in [-0.4, -0.2) is 69.3 Å². The summed E-state index contributed by atoms with van der Waals surface area (Å²) in [7, 11) is 0. The molecule has 0 radical (unpaired) electrons. The fourth-order valence-electron chi connectivity index (χ4n) is 4.17. The average molecular weight is 527 g/mol. The number of rotatable bonds is 7. The molecule has 4 heterocycles. The van der Waals surface area contributed by atoms with Crippen molar-refractivity contribution in [2.24, 2.45) is 0 Å². The number of pyridine rings is 2. The van der Waals surface area contributed by atoms with Gasteiger partial charge in [0.25, 0.3) is 0 Å². The zero-order valence-electron chi connectivity index (χ0n) is 18.4. The number of aliphatic hydroxyl groups is 1. The van der Waals surface area contributed by atoms with E-state index in [1.807, 2.05) is 24.3 Å². The van der Waals surface area contributed by atoms with Crippen LogP contribution in [-0.2, 0) is 6.54 Å². The van der Waals surface area contributed by atoms with Crippen molar-refractivity contribution < 1.29 is 14.2 Å². The molecule has 4 aromatic rings. The number of piperazine rings is 1. The van der Waals surface area contributed by atoms with Gasteiger partial charge in [-0.3, -0.25) is 9.88 Å². The molecule has 0 amide bonds. The molecule has 0 aliphatic carbocycles. The summed E-state index contributed by atoms with van der Waals surface area (Å²) in [4.78, 5) is 21.2. The first-order chi connectivity index (χ1) is 16.6. The molecule has 1 fully saturated rings. The van der Waals surface area contributed by atoms with Gasteiger partial charge in [-0.2, -0.15) is 0 Å². The Morgan fingerprint density at radius 1 is 1.09 bits per heavy atom. The number of aliphatic hydroxyl groups excluding tert-OH is 1. The van der Waals surface area contributed by atoms with Gasteiger partial charge in [0.2, 0.25) is 0 Å². The quantitative estimate of drug-likeness (QED) is 0.380. The first kappa shape index (κ1) is 22.7. The number of imidazole rings is 1. The Morgan fingerprint density at radius 2 is 1.88 bits per heavy atom. The first-order valence-corrected chi connectivity index (χ1v) is 11.8. The number of benzene rings is 1. The highest BCUT2D eigenvalue weighted by atomic mass is 79.9. The highest BCUT2D eigenvalue weighted by molar-refractivity contribution is 9.10. The van der Waals surface area contributed by atoms with Crippen molar-refractivity contribution >= 4 is 32.8 Å². The Kier molecular flexibility index (Phi) is 6.70. The summed E-state index contributed by atoms with van der Waals surface area (Å²) < 4.78 is 19.8. The number of hydrogen-bond donors (Lipinski definition) is 2. The van der Waals surface area contributed by atoms with Crippen molar-refractivity contribution in [2.75, 3.05) is 44.3 Å². The lowest BCUT2D eigenvalue weighted by molar-refractivity contribution is 0.201. The fourth-order valence-corrected chi connectivity index (χ4v) is 4.72. The van der Waals surface area contributed by atoms with E-state index in [9.17, 15) is 4.39 Å². The summed E-state index contributed by atoms with van der Waals surface area (Å²) >= 11 is 3.68. The van der Waals surface area contributed by atoms with E-state index in [1.165, 1.54) is 6.20 Å². The molecule has 1 aliphatic heterocycles. The van der Waals surface area contributed by atoms with Gasteiger partial charge in [0.1, 0.15) is 29.5 Å². The third-order valence-corrected chi connectivity index (χ3v) is 6.37. The van der Waals surface area contributed by atoms with Gasteiger partial charge in [-0.05, 0) is 51.8 Å². The van der Waals surface area contributed by atoms with Gasteiger partial charge < -0.3 is 19.7 Å². The Bertz CT molecular complexity index is 1270. The number of H-pyrrole nitrogens is 1. The third kappa shape index (κ3) is 4.89. The Balaban J connectivity index is 1.33. The smallest absolute Gasteiger partial charge is 0.180 e. The molecule has 10 heteroatoms. The Morgan fingerprint density at radius 3 is 2.62 bits per heavy atom. The summed E-state index contributed by atoms with van der Waals surface area (Å²) in [6.07, 6.45) is 4.74. The number of aromatic nitrogens is 4. The van der Waals surface area contributed by atoms with Crippen molar-refractivity contribution in [1.29, 1.82) is 0 Å². The van der Waals surface area contributed by atoms with E-state index >= 15 is 0 Å². The highest BCUT2D eigenvalue weighted by Crippen LogP contribution is 2.34. The topological polar surface area (TPSA) is 90.4 Å². The van der Waals surface area contributed by atoms with E-state index in [0.29, 0.717) is 17.9 Å². The van der Waals surface area contributed by atoms with E-state index in [1.54, 1.807) is 18.5 Å². The predicted octanol–water partition coefficient (Wildman–Crippen LogP) is 3.61. The van der Waals surface area contributed by atoms with Gasteiger partial charge in [0.05, 0.1) is 23.0 Å². The largest absolute Gasteiger partial charge is 0.491 e. The van der Waals surface area contributed by atoms with E-state index in [2.05, 4.69) is 40.7 Å². The van der Waals surface area contributed by atoms with Crippen LogP contribution in [0.2, 0.25) is 0 Å². The summed E-state index contributed by atoms with van der Waals surface area (Å²) in [5.41, 5.74) is 4.38. The maximum atomic E-state index is 13.5. The van der Waals surface area contributed by atoms with Gasteiger partial charge in [-0.1, -0.05) is 0 Å². The predicted molar refractivity (Wildman–Crippen MR) is 131 cm³/mol. The molecule has 0 bridgehead atoms. The Labute approximate surface area is 204 Å². The molecule has 34 heavy (non-hydrogen) atoms. The standard InChI is InChI=1S/C24H24BrFN6O2/c25-20-14-28-24-21(29-23(30-24)17-1-3-19(4-2-17)34-10-9-33)22(20)32-7-5-31(6-8-32)15-16-11-18(26)13-27-12-16/h1-4,11-14,33H,5-10,15H2,(H,28,29,30). The number of hydrogen-bond acceptors (Lipinski definition) is 7. The number of halogens is 2. The lowest BCUT2D eigenvalue weighted by Gasteiger charge is -2.36. The second-order valence-corrected chi connectivity index (χ2v) is 8.96. The fraction of sp³-hybridized carbons (Fsp3) is 0.292. The number of aromatic amines is 1. The molecule has 5 rings (SSSR count). The molecular weight excluding hydrogens is 503 g/mol. The van der Waals surface area contributed by atoms with Crippen molar-refractivity contribution in [3.63, 3.8) is 0 Å². The maximum absolute atomic E-state index is 13.5. The molecule has 2 N–H and O–H groups in total. The third-order valence-electron chi connectivity index (χ3n) is 5.79. The van der Waals surface area contributed by atoms with Crippen LogP contribution in [0.5, 0.6) is 5.75 Å². The lowest BCUT2D eigenvalue weighted by atomic mass is 10.2. The molecule has 0 atom stereocenters. The summed E-state index contributed by atoms with van der Waals surface area (Å²) in [6.45, 7) is 4.27. The van der Waals surface area contributed by atoms with Crippen LogP contribution in [0.4, 0.5) is 10.1 Å². The van der Waals surface area contributed by atoms with Gasteiger partial charge in [-0.25, -0.2) is 14.4 Å². The maximum Gasteiger partial charge on any atom is 0.180 e. The monoisotopic (exact) mass is 526 g/mol. The highest BCUT2D eigenvalue weighted by Gasteiger charge is 2.23. The second kappa shape index (κ2) is 10.0. The molecule has 176 valence electrons. The van der Waals surface area contributed by atoms with E-state index in [4.69, 9.17) is 14.8 Å². The number of ether oxygens (including phenoxy) is 1. The van der Waals surface area contributed by atoms with Gasteiger partial charge in [0.15, 0.2) is 5.65 Å². The number of anilines is 1. The number of nitrogens with zero attached hydrogens (tertiary/aromatic N) is 5. The average Bonchev–Trinajstić information content (AvgIpc) is 3.28. The Hall–Kier alpha value is -3.08. The van der Waals surface area contributed by atoms with Gasteiger partial charge in [-0.15, -0.1) is 0 Å². The zero-order valence-corrected chi connectivity index (χ0v) is 20.0. The lowest BCUT2D eigenvalue weighted by Crippen LogP contribution is -2.46. The van der Waals surface area contributed by atoms with Crippen LogP contribution in [0.15, 0.2) is 53.4 Å². The molecule has 0 unspecified atom stereocenters. The molecule has 3 aromatic heterocycles. The molecule has 1 aliphatic rings. The normalized spacial score (nSPS) is 14.6. The SMILES string of the molecule is OCCOc1ccc(-c2nc3ncc(Br)c(N4CCN(Cc5cncc(F)c5)CC4)c3[nH]2)cc1.